The van der Waals surface area contributed by atoms with Crippen LogP contribution in [0.1, 0.15) is 64.6 Å². The molecule has 1 unspecified atom stereocenters. The number of aromatic nitrogens is 3. The maximum Gasteiger partial charge on any atom is 0.227 e. The van der Waals surface area contributed by atoms with E-state index in [9.17, 15) is 0 Å². The van der Waals surface area contributed by atoms with Gasteiger partial charge in [0.05, 0.1) is 22.3 Å². The van der Waals surface area contributed by atoms with Crippen molar-refractivity contribution >= 4 is 65.4 Å². The zero-order chi connectivity index (χ0) is 33.6. The molecule has 0 N–H and O–H groups in total. The van der Waals surface area contributed by atoms with Gasteiger partial charge in [0.15, 0.2) is 0 Å². The van der Waals surface area contributed by atoms with Crippen molar-refractivity contribution in [2.24, 2.45) is 5.41 Å². The van der Waals surface area contributed by atoms with Crippen molar-refractivity contribution in [3.8, 4) is 17.1 Å². The third-order valence-corrected chi connectivity index (χ3v) is 10.7. The van der Waals surface area contributed by atoms with E-state index in [1.807, 2.05) is 0 Å². The quantitative estimate of drug-likeness (QED) is 0.180. The molecule has 4 heteroatoms. The van der Waals surface area contributed by atoms with Crippen LogP contribution in [0, 0.1) is 5.41 Å². The molecule has 0 fully saturated rings. The summed E-state index contributed by atoms with van der Waals surface area (Å²) in [4.78, 5) is 10.6. The normalized spacial score (nSPS) is 13.2. The van der Waals surface area contributed by atoms with Gasteiger partial charge in [0.25, 0.3) is 0 Å². The van der Waals surface area contributed by atoms with Gasteiger partial charge in [-0.05, 0) is 62.7 Å². The Morgan fingerprint density at radius 3 is 1.98 bits per heavy atom. The lowest BCUT2D eigenvalue weighted by molar-refractivity contribution is 0.334. The number of benzene rings is 6. The zero-order valence-electron chi connectivity index (χ0n) is 28.9. The summed E-state index contributed by atoms with van der Waals surface area (Å²) in [6, 6.07) is 41.4. The molecule has 4 nitrogen and oxygen atoms in total. The Bertz CT molecular complexity index is 2760. The molecular weight excluding hydrogens is 599 g/mol. The molecule has 0 spiro atoms. The van der Waals surface area contributed by atoms with Crippen LogP contribution in [0.25, 0.3) is 82.5 Å². The van der Waals surface area contributed by atoms with Crippen molar-refractivity contribution < 1.29 is 4.42 Å². The number of hydrogen-bond donors (Lipinski definition) is 0. The number of fused-ring (bicyclic) bond motifs is 9. The van der Waals surface area contributed by atoms with Gasteiger partial charge in [0.1, 0.15) is 11.4 Å². The van der Waals surface area contributed by atoms with Crippen LogP contribution in [0.2, 0.25) is 0 Å². The van der Waals surface area contributed by atoms with Crippen molar-refractivity contribution in [3.63, 3.8) is 0 Å². The highest BCUT2D eigenvalue weighted by Gasteiger charge is 2.27. The van der Waals surface area contributed by atoms with E-state index in [0.29, 0.717) is 5.71 Å². The first-order valence-electron chi connectivity index (χ1n) is 17.4. The number of rotatable bonds is 4. The van der Waals surface area contributed by atoms with Gasteiger partial charge in [-0.15, -0.1) is 0 Å². The maximum atomic E-state index is 6.79. The van der Waals surface area contributed by atoms with Crippen LogP contribution in [0.4, 0.5) is 0 Å². The SMILES string of the molecule is CC(C)c1c(-n2c(-c3cccc4c3oc3nc(C(C)C(C)(C)C)ccc34)nc3ccc4ccccc4c32)c2ccccc2c2ccccc12. The molecule has 0 aliphatic heterocycles. The highest BCUT2D eigenvalue weighted by atomic mass is 16.3. The molecule has 1 atom stereocenters. The molecule has 49 heavy (non-hydrogen) atoms. The van der Waals surface area contributed by atoms with Gasteiger partial charge in [-0.2, -0.15) is 0 Å². The number of para-hydroxylation sites is 1. The first-order chi connectivity index (χ1) is 23.7. The van der Waals surface area contributed by atoms with E-state index in [1.165, 1.54) is 43.6 Å². The van der Waals surface area contributed by atoms with E-state index in [2.05, 4.69) is 161 Å². The molecule has 9 aromatic rings. The van der Waals surface area contributed by atoms with Crippen molar-refractivity contribution in [3.05, 3.63) is 127 Å². The fourth-order valence-corrected chi connectivity index (χ4v) is 7.77. The maximum absolute atomic E-state index is 6.79. The van der Waals surface area contributed by atoms with E-state index < -0.39 is 0 Å². The second kappa shape index (κ2) is 10.8. The minimum Gasteiger partial charge on any atom is -0.437 e. The summed E-state index contributed by atoms with van der Waals surface area (Å²) in [5, 5.41) is 9.41. The summed E-state index contributed by atoms with van der Waals surface area (Å²) in [6.07, 6.45) is 0. The van der Waals surface area contributed by atoms with Crippen LogP contribution < -0.4 is 0 Å². The van der Waals surface area contributed by atoms with Crippen LogP contribution in [0.3, 0.4) is 0 Å². The standard InChI is InChI=1S/C45H39N3O/c1-26(2)39-32-18-11-9-16-30(32)31-17-10-12-19-33(31)41(39)48-40-29-15-8-7-14-28(29)22-24-38(40)46-43(48)36-21-13-20-34-35-23-25-37(27(3)45(4,5)6)47-44(35)49-42(34)36/h7-27H,1-6H3. The summed E-state index contributed by atoms with van der Waals surface area (Å²) in [6.45, 7) is 13.6. The Balaban J connectivity index is 1.45. The predicted molar refractivity (Wildman–Crippen MR) is 206 cm³/mol. The van der Waals surface area contributed by atoms with Gasteiger partial charge < -0.3 is 4.42 Å². The summed E-state index contributed by atoms with van der Waals surface area (Å²) >= 11 is 0. The fourth-order valence-electron chi connectivity index (χ4n) is 7.77. The van der Waals surface area contributed by atoms with Gasteiger partial charge >= 0.3 is 0 Å². The average Bonchev–Trinajstić information content (AvgIpc) is 3.68. The molecule has 0 aliphatic carbocycles. The molecule has 0 saturated heterocycles. The average molecular weight is 638 g/mol. The van der Waals surface area contributed by atoms with Crippen LogP contribution in [-0.2, 0) is 0 Å². The first kappa shape index (κ1) is 29.6. The van der Waals surface area contributed by atoms with Crippen LogP contribution in [-0.4, -0.2) is 14.5 Å². The molecule has 0 aliphatic rings. The molecule has 240 valence electrons. The predicted octanol–water partition coefficient (Wildman–Crippen LogP) is 12.7. The van der Waals surface area contributed by atoms with Crippen molar-refractivity contribution in [2.45, 2.75) is 53.4 Å². The molecule has 0 amide bonds. The Kier molecular flexibility index (Phi) is 6.51. The summed E-state index contributed by atoms with van der Waals surface area (Å²) in [7, 11) is 0. The minimum atomic E-state index is 0.0856. The van der Waals surface area contributed by atoms with E-state index in [0.717, 1.165) is 44.5 Å². The molecule has 0 bridgehead atoms. The van der Waals surface area contributed by atoms with Gasteiger partial charge in [0, 0.05) is 33.2 Å². The van der Waals surface area contributed by atoms with Crippen LogP contribution >= 0.6 is 0 Å². The lowest BCUT2D eigenvalue weighted by Gasteiger charge is -2.26. The van der Waals surface area contributed by atoms with Crippen molar-refractivity contribution in [1.29, 1.82) is 0 Å². The number of nitrogens with zero attached hydrogens (tertiary/aromatic N) is 3. The summed E-state index contributed by atoms with van der Waals surface area (Å²) in [5.41, 5.74) is 8.09. The van der Waals surface area contributed by atoms with Gasteiger partial charge in [-0.1, -0.05) is 133 Å². The second-order valence-electron chi connectivity index (χ2n) is 14.9. The van der Waals surface area contributed by atoms with E-state index in [-0.39, 0.29) is 17.3 Å². The largest absolute Gasteiger partial charge is 0.437 e. The topological polar surface area (TPSA) is 43.9 Å². The van der Waals surface area contributed by atoms with E-state index in [4.69, 9.17) is 14.4 Å². The smallest absolute Gasteiger partial charge is 0.227 e. The molecule has 3 heterocycles. The molecule has 3 aromatic heterocycles. The third-order valence-electron chi connectivity index (χ3n) is 10.7. The number of pyridine rings is 1. The monoisotopic (exact) mass is 637 g/mol. The Morgan fingerprint density at radius 1 is 0.592 bits per heavy atom. The molecule has 9 rings (SSSR count). The third kappa shape index (κ3) is 4.43. The molecule has 6 aromatic carbocycles. The minimum absolute atomic E-state index is 0.0856. The molecule has 0 saturated carbocycles. The summed E-state index contributed by atoms with van der Waals surface area (Å²) < 4.78 is 9.22. The first-order valence-corrected chi connectivity index (χ1v) is 17.4. The fraction of sp³-hybridized carbons (Fsp3) is 0.200. The van der Waals surface area contributed by atoms with Gasteiger partial charge in [-0.25, -0.2) is 9.97 Å². The number of hydrogen-bond acceptors (Lipinski definition) is 3. The van der Waals surface area contributed by atoms with Crippen LogP contribution in [0.5, 0.6) is 0 Å². The van der Waals surface area contributed by atoms with Crippen molar-refractivity contribution in [2.75, 3.05) is 0 Å². The van der Waals surface area contributed by atoms with Crippen LogP contribution in [0.15, 0.2) is 120 Å². The summed E-state index contributed by atoms with van der Waals surface area (Å²) in [5.74, 6) is 1.39. The lowest BCUT2D eigenvalue weighted by atomic mass is 9.80. The Morgan fingerprint density at radius 2 is 1.24 bits per heavy atom. The Hall–Kier alpha value is -5.48. The molecular formula is C45H39N3O. The van der Waals surface area contributed by atoms with Gasteiger partial charge in [0.2, 0.25) is 5.71 Å². The molecule has 0 radical (unpaired) electrons. The van der Waals surface area contributed by atoms with Crippen molar-refractivity contribution in [1.82, 2.24) is 14.5 Å². The highest BCUT2D eigenvalue weighted by Crippen LogP contribution is 2.45. The number of imidazole rings is 1. The Labute approximate surface area is 286 Å². The number of furan rings is 1. The highest BCUT2D eigenvalue weighted by molar-refractivity contribution is 6.16. The second-order valence-corrected chi connectivity index (χ2v) is 14.9. The lowest BCUT2D eigenvalue weighted by Crippen LogP contribution is -2.16. The zero-order valence-corrected chi connectivity index (χ0v) is 28.9. The van der Waals surface area contributed by atoms with E-state index >= 15 is 0 Å². The van der Waals surface area contributed by atoms with E-state index in [1.54, 1.807) is 0 Å². The van der Waals surface area contributed by atoms with Gasteiger partial charge in [-0.3, -0.25) is 4.57 Å².